The Morgan fingerprint density at radius 3 is 2.54 bits per heavy atom. The summed E-state index contributed by atoms with van der Waals surface area (Å²) in [5.74, 6) is -0.170. The number of carbonyl (C=O) groups is 1. The Hall–Kier alpha value is -1.15. The molecule has 0 spiro atoms. The van der Waals surface area contributed by atoms with E-state index in [1.807, 2.05) is 7.05 Å². The standard InChI is InChI=1S/C16H25N3O3S.ClH/c1-17-9-12-18(2)16(20)14-7-6-8-15(13-14)23(21,22)19-10-4-3-5-11-19;/h6-8,13,17H,3-5,9-12H2,1-2H3;1H. The number of halogens is 1. The number of nitrogens with one attached hydrogen (secondary N) is 1. The summed E-state index contributed by atoms with van der Waals surface area (Å²) in [4.78, 5) is 14.2. The number of carbonyl (C=O) groups excluding carboxylic acids is 1. The van der Waals surface area contributed by atoms with Crippen LogP contribution in [0.25, 0.3) is 0 Å². The van der Waals surface area contributed by atoms with Crippen LogP contribution in [0.3, 0.4) is 0 Å². The van der Waals surface area contributed by atoms with Crippen LogP contribution in [-0.4, -0.2) is 63.8 Å². The maximum atomic E-state index is 12.7. The average Bonchev–Trinajstić information content (AvgIpc) is 2.59. The third-order valence-corrected chi connectivity index (χ3v) is 5.97. The molecule has 0 atom stereocenters. The molecule has 1 aliphatic heterocycles. The molecular weight excluding hydrogens is 350 g/mol. The number of nitrogens with zero attached hydrogens (tertiary/aromatic N) is 2. The molecule has 0 aliphatic carbocycles. The Kier molecular flexibility index (Phi) is 8.15. The Labute approximate surface area is 150 Å². The first-order valence-corrected chi connectivity index (χ1v) is 9.41. The molecule has 1 aliphatic rings. The summed E-state index contributed by atoms with van der Waals surface area (Å²) in [6.45, 7) is 2.37. The van der Waals surface area contributed by atoms with Gasteiger partial charge in [0.1, 0.15) is 0 Å². The first kappa shape index (κ1) is 20.9. The molecule has 136 valence electrons. The molecule has 1 heterocycles. The van der Waals surface area contributed by atoms with Crippen LogP contribution < -0.4 is 5.32 Å². The summed E-state index contributed by atoms with van der Waals surface area (Å²) in [5, 5.41) is 2.99. The highest BCUT2D eigenvalue weighted by molar-refractivity contribution is 7.89. The van der Waals surface area contributed by atoms with E-state index < -0.39 is 10.0 Å². The predicted molar refractivity (Wildman–Crippen MR) is 97.2 cm³/mol. The first-order chi connectivity index (χ1) is 11.0. The summed E-state index contributed by atoms with van der Waals surface area (Å²) in [6.07, 6.45) is 2.86. The highest BCUT2D eigenvalue weighted by atomic mass is 35.5. The van der Waals surface area contributed by atoms with Crippen LogP contribution in [0.15, 0.2) is 29.2 Å². The van der Waals surface area contributed by atoms with Gasteiger partial charge < -0.3 is 10.2 Å². The summed E-state index contributed by atoms with van der Waals surface area (Å²) in [6, 6.07) is 6.35. The molecule has 1 aromatic carbocycles. The van der Waals surface area contributed by atoms with Gasteiger partial charge in [-0.2, -0.15) is 4.31 Å². The van der Waals surface area contributed by atoms with E-state index in [0.717, 1.165) is 19.3 Å². The highest BCUT2D eigenvalue weighted by Gasteiger charge is 2.26. The van der Waals surface area contributed by atoms with Crippen molar-refractivity contribution in [3.05, 3.63) is 29.8 Å². The van der Waals surface area contributed by atoms with E-state index in [1.54, 1.807) is 30.1 Å². The Morgan fingerprint density at radius 1 is 1.25 bits per heavy atom. The molecule has 1 saturated heterocycles. The molecule has 0 saturated carbocycles. The van der Waals surface area contributed by atoms with Crippen molar-refractivity contribution < 1.29 is 13.2 Å². The molecule has 24 heavy (non-hydrogen) atoms. The molecule has 1 N–H and O–H groups in total. The zero-order chi connectivity index (χ0) is 16.9. The number of hydrogen-bond acceptors (Lipinski definition) is 4. The summed E-state index contributed by atoms with van der Waals surface area (Å²) in [5.41, 5.74) is 0.404. The van der Waals surface area contributed by atoms with Crippen LogP contribution in [0.4, 0.5) is 0 Å². The van der Waals surface area contributed by atoms with Gasteiger partial charge in [0.2, 0.25) is 10.0 Å². The monoisotopic (exact) mass is 375 g/mol. The number of rotatable bonds is 6. The molecule has 6 nitrogen and oxygen atoms in total. The third kappa shape index (κ3) is 4.92. The second-order valence-corrected chi connectivity index (χ2v) is 7.76. The molecule has 0 radical (unpaired) electrons. The Morgan fingerprint density at radius 2 is 1.92 bits per heavy atom. The number of sulfonamides is 1. The number of piperidine rings is 1. The van der Waals surface area contributed by atoms with E-state index in [0.29, 0.717) is 31.7 Å². The predicted octanol–water partition coefficient (Wildman–Crippen LogP) is 1.57. The van der Waals surface area contributed by atoms with Gasteiger partial charge in [-0.3, -0.25) is 4.79 Å². The lowest BCUT2D eigenvalue weighted by Gasteiger charge is -2.26. The Bertz CT molecular complexity index is 646. The van der Waals surface area contributed by atoms with E-state index >= 15 is 0 Å². The second-order valence-electron chi connectivity index (χ2n) is 5.82. The van der Waals surface area contributed by atoms with Crippen LogP contribution in [0.1, 0.15) is 29.6 Å². The molecule has 0 unspecified atom stereocenters. The van der Waals surface area contributed by atoms with Crippen molar-refractivity contribution in [2.24, 2.45) is 0 Å². The first-order valence-electron chi connectivity index (χ1n) is 7.97. The van der Waals surface area contributed by atoms with Crippen molar-refractivity contribution in [1.82, 2.24) is 14.5 Å². The van der Waals surface area contributed by atoms with Gasteiger partial charge in [0.15, 0.2) is 0 Å². The minimum atomic E-state index is -3.51. The SMILES string of the molecule is CNCCN(C)C(=O)c1cccc(S(=O)(=O)N2CCCCC2)c1.Cl. The molecule has 1 amide bonds. The van der Waals surface area contributed by atoms with Crippen molar-refractivity contribution in [2.45, 2.75) is 24.2 Å². The quantitative estimate of drug-likeness (QED) is 0.819. The second kappa shape index (κ2) is 9.36. The van der Waals surface area contributed by atoms with Crippen molar-refractivity contribution in [3.63, 3.8) is 0 Å². The van der Waals surface area contributed by atoms with E-state index in [4.69, 9.17) is 0 Å². The molecule has 0 aromatic heterocycles. The minimum absolute atomic E-state index is 0. The van der Waals surface area contributed by atoms with E-state index in [-0.39, 0.29) is 23.2 Å². The van der Waals surface area contributed by atoms with E-state index in [1.165, 1.54) is 10.4 Å². The van der Waals surface area contributed by atoms with Gasteiger partial charge in [-0.1, -0.05) is 12.5 Å². The fourth-order valence-electron chi connectivity index (χ4n) is 2.65. The fraction of sp³-hybridized carbons (Fsp3) is 0.562. The molecule has 8 heteroatoms. The van der Waals surface area contributed by atoms with Gasteiger partial charge in [-0.05, 0) is 38.1 Å². The van der Waals surface area contributed by atoms with Crippen LogP contribution in [0.2, 0.25) is 0 Å². The van der Waals surface area contributed by atoms with Gasteiger partial charge in [-0.15, -0.1) is 12.4 Å². The molecule has 1 aromatic rings. The highest BCUT2D eigenvalue weighted by Crippen LogP contribution is 2.21. The lowest BCUT2D eigenvalue weighted by Crippen LogP contribution is -2.36. The summed E-state index contributed by atoms with van der Waals surface area (Å²) in [7, 11) is 0.0269. The lowest BCUT2D eigenvalue weighted by atomic mass is 10.2. The topological polar surface area (TPSA) is 69.7 Å². The maximum absolute atomic E-state index is 12.7. The fourth-order valence-corrected chi connectivity index (χ4v) is 4.21. The number of likely N-dealkylation sites (N-methyl/N-ethyl adjacent to an activating group) is 2. The van der Waals surface area contributed by atoms with Gasteiger partial charge in [0.25, 0.3) is 5.91 Å². The summed E-state index contributed by atoms with van der Waals surface area (Å²) >= 11 is 0. The van der Waals surface area contributed by atoms with Gasteiger partial charge >= 0.3 is 0 Å². The smallest absolute Gasteiger partial charge is 0.253 e. The largest absolute Gasteiger partial charge is 0.340 e. The zero-order valence-electron chi connectivity index (χ0n) is 14.2. The zero-order valence-corrected chi connectivity index (χ0v) is 15.8. The Balaban J connectivity index is 0.00000288. The van der Waals surface area contributed by atoms with Crippen molar-refractivity contribution in [1.29, 1.82) is 0 Å². The third-order valence-electron chi connectivity index (χ3n) is 4.08. The van der Waals surface area contributed by atoms with Crippen LogP contribution >= 0.6 is 12.4 Å². The van der Waals surface area contributed by atoms with Gasteiger partial charge in [0, 0.05) is 38.8 Å². The molecule has 2 rings (SSSR count). The average molecular weight is 376 g/mol. The lowest BCUT2D eigenvalue weighted by molar-refractivity contribution is 0.0796. The normalized spacial score (nSPS) is 15.6. The van der Waals surface area contributed by atoms with Crippen molar-refractivity contribution in [3.8, 4) is 0 Å². The molecule has 0 bridgehead atoms. The van der Waals surface area contributed by atoms with E-state index in [9.17, 15) is 13.2 Å². The minimum Gasteiger partial charge on any atom is -0.340 e. The number of hydrogen-bond donors (Lipinski definition) is 1. The van der Waals surface area contributed by atoms with Crippen LogP contribution in [0, 0.1) is 0 Å². The van der Waals surface area contributed by atoms with E-state index in [2.05, 4.69) is 5.32 Å². The van der Waals surface area contributed by atoms with Crippen molar-refractivity contribution >= 4 is 28.3 Å². The van der Waals surface area contributed by atoms with Gasteiger partial charge in [0.05, 0.1) is 4.90 Å². The molecule has 1 fully saturated rings. The van der Waals surface area contributed by atoms with Crippen molar-refractivity contribution in [2.75, 3.05) is 40.3 Å². The number of amides is 1. The van der Waals surface area contributed by atoms with Crippen LogP contribution in [-0.2, 0) is 10.0 Å². The maximum Gasteiger partial charge on any atom is 0.253 e. The summed E-state index contributed by atoms with van der Waals surface area (Å²) < 4.78 is 26.9. The molecular formula is C16H26ClN3O3S. The van der Waals surface area contributed by atoms with Gasteiger partial charge in [-0.25, -0.2) is 8.42 Å². The number of benzene rings is 1. The van der Waals surface area contributed by atoms with Crippen LogP contribution in [0.5, 0.6) is 0 Å².